The third kappa shape index (κ3) is 5.00. The van der Waals surface area contributed by atoms with E-state index in [1.807, 2.05) is 16.8 Å². The van der Waals surface area contributed by atoms with Gasteiger partial charge in [0.2, 0.25) is 15.9 Å². The number of carbonyl (C=O) groups excluding carboxylic acids is 2. The van der Waals surface area contributed by atoms with Crippen molar-refractivity contribution >= 4 is 38.9 Å². The largest absolute Gasteiger partial charge is 0.381 e. The quantitative estimate of drug-likeness (QED) is 0.669. The topological polar surface area (TPSA) is 113 Å². The van der Waals surface area contributed by atoms with Crippen LogP contribution < -0.4 is 11.1 Å². The summed E-state index contributed by atoms with van der Waals surface area (Å²) in [5, 5.41) is 7.16. The maximum Gasteiger partial charge on any atom is 0.253 e. The Hall–Kier alpha value is -2.43. The summed E-state index contributed by atoms with van der Waals surface area (Å²) < 4.78 is 26.6. The lowest BCUT2D eigenvalue weighted by molar-refractivity contribution is -0.123. The van der Waals surface area contributed by atoms with Crippen molar-refractivity contribution < 1.29 is 18.0 Å². The number of nitrogens with zero attached hydrogens (tertiary/aromatic N) is 2. The number of likely N-dealkylation sites (tertiary alicyclic amines) is 1. The fourth-order valence-electron chi connectivity index (χ4n) is 3.36. The SMILES string of the molecule is CN(C)S(=O)(=O)c1cc(NCc2ccsc2)cc(C(=O)N2CCCC(C(N)=O)C2)c1. The molecule has 1 saturated heterocycles. The van der Waals surface area contributed by atoms with E-state index in [1.54, 1.807) is 22.3 Å². The number of thiophene rings is 1. The molecule has 1 aliphatic rings. The molecule has 0 saturated carbocycles. The van der Waals surface area contributed by atoms with Crippen LogP contribution in [-0.4, -0.2) is 56.6 Å². The first kappa shape index (κ1) is 22.3. The molecule has 1 unspecified atom stereocenters. The summed E-state index contributed by atoms with van der Waals surface area (Å²) >= 11 is 1.57. The number of anilines is 1. The summed E-state index contributed by atoms with van der Waals surface area (Å²) in [6, 6.07) is 6.54. The van der Waals surface area contributed by atoms with Crippen LogP contribution in [0.5, 0.6) is 0 Å². The van der Waals surface area contributed by atoms with Crippen LogP contribution in [0.1, 0.15) is 28.8 Å². The number of nitrogens with one attached hydrogen (secondary N) is 1. The van der Waals surface area contributed by atoms with Gasteiger partial charge >= 0.3 is 0 Å². The molecule has 3 N–H and O–H groups in total. The molecule has 2 amide bonds. The highest BCUT2D eigenvalue weighted by atomic mass is 32.2. The molecule has 2 aromatic rings. The van der Waals surface area contributed by atoms with Gasteiger partial charge in [-0.1, -0.05) is 0 Å². The number of amides is 2. The van der Waals surface area contributed by atoms with E-state index in [0.29, 0.717) is 31.6 Å². The molecular weight excluding hydrogens is 424 g/mol. The van der Waals surface area contributed by atoms with Gasteiger partial charge in [-0.05, 0) is 53.4 Å². The Morgan fingerprint density at radius 2 is 2.07 bits per heavy atom. The van der Waals surface area contributed by atoms with Gasteiger partial charge in [0.05, 0.1) is 10.8 Å². The number of hydrogen-bond acceptors (Lipinski definition) is 6. The number of primary amides is 1. The first-order chi connectivity index (χ1) is 14.2. The third-order valence-electron chi connectivity index (χ3n) is 5.12. The minimum absolute atomic E-state index is 0.0367. The van der Waals surface area contributed by atoms with E-state index < -0.39 is 15.9 Å². The van der Waals surface area contributed by atoms with Gasteiger partial charge in [0.1, 0.15) is 0 Å². The summed E-state index contributed by atoms with van der Waals surface area (Å²) in [6.07, 6.45) is 1.33. The number of nitrogens with two attached hydrogens (primary N) is 1. The molecule has 1 aliphatic heterocycles. The Balaban J connectivity index is 1.92. The molecule has 3 rings (SSSR count). The molecule has 30 heavy (non-hydrogen) atoms. The number of benzene rings is 1. The van der Waals surface area contributed by atoms with Gasteiger partial charge in [0, 0.05) is 45.0 Å². The molecule has 0 aliphatic carbocycles. The van der Waals surface area contributed by atoms with Crippen molar-refractivity contribution in [3.05, 3.63) is 46.2 Å². The Labute approximate surface area is 180 Å². The molecule has 162 valence electrons. The zero-order chi connectivity index (χ0) is 21.9. The zero-order valence-corrected chi connectivity index (χ0v) is 18.6. The summed E-state index contributed by atoms with van der Waals surface area (Å²) in [5.74, 6) is -1.11. The minimum atomic E-state index is -3.73. The van der Waals surface area contributed by atoms with E-state index in [2.05, 4.69) is 5.32 Å². The standard InChI is InChI=1S/C20H26N4O4S2/c1-23(2)30(27,28)18-9-16(8-17(10-18)22-11-14-5-7-29-13-14)20(26)24-6-3-4-15(12-24)19(21)25/h5,7-10,13,15,22H,3-4,6,11-12H2,1-2H3,(H2,21,25). The van der Waals surface area contributed by atoms with Crippen LogP contribution in [0.4, 0.5) is 5.69 Å². The predicted molar refractivity (Wildman–Crippen MR) is 117 cm³/mol. The van der Waals surface area contributed by atoms with Crippen molar-refractivity contribution in [2.75, 3.05) is 32.5 Å². The molecule has 1 atom stereocenters. The molecule has 1 aromatic heterocycles. The van der Waals surface area contributed by atoms with Gasteiger partial charge in [-0.15, -0.1) is 0 Å². The van der Waals surface area contributed by atoms with Crippen LogP contribution in [0.25, 0.3) is 0 Å². The lowest BCUT2D eigenvalue weighted by atomic mass is 9.97. The fraction of sp³-hybridized carbons (Fsp3) is 0.400. The lowest BCUT2D eigenvalue weighted by Crippen LogP contribution is -2.44. The Morgan fingerprint density at radius 3 is 2.70 bits per heavy atom. The van der Waals surface area contributed by atoms with E-state index in [0.717, 1.165) is 9.87 Å². The van der Waals surface area contributed by atoms with Crippen LogP contribution >= 0.6 is 11.3 Å². The zero-order valence-electron chi connectivity index (χ0n) is 17.0. The second kappa shape index (κ2) is 9.15. The van der Waals surface area contributed by atoms with Crippen LogP contribution in [0.3, 0.4) is 0 Å². The molecule has 8 nitrogen and oxygen atoms in total. The van der Waals surface area contributed by atoms with Gasteiger partial charge < -0.3 is 16.0 Å². The first-order valence-corrected chi connectivity index (χ1v) is 12.0. The summed E-state index contributed by atoms with van der Waals surface area (Å²) in [4.78, 5) is 26.3. The van der Waals surface area contributed by atoms with Crippen molar-refractivity contribution in [2.45, 2.75) is 24.3 Å². The highest BCUT2D eigenvalue weighted by molar-refractivity contribution is 7.89. The average molecular weight is 451 g/mol. The smallest absolute Gasteiger partial charge is 0.253 e. The van der Waals surface area contributed by atoms with Gasteiger partial charge in [-0.2, -0.15) is 11.3 Å². The summed E-state index contributed by atoms with van der Waals surface area (Å²) in [5.41, 5.74) is 7.28. The van der Waals surface area contributed by atoms with E-state index in [1.165, 1.54) is 26.2 Å². The van der Waals surface area contributed by atoms with E-state index >= 15 is 0 Å². The second-order valence-electron chi connectivity index (χ2n) is 7.51. The van der Waals surface area contributed by atoms with Crippen molar-refractivity contribution in [2.24, 2.45) is 11.7 Å². The van der Waals surface area contributed by atoms with E-state index in [4.69, 9.17) is 5.73 Å². The van der Waals surface area contributed by atoms with Crippen LogP contribution in [-0.2, 0) is 21.4 Å². The van der Waals surface area contributed by atoms with E-state index in [9.17, 15) is 18.0 Å². The Kier molecular flexibility index (Phi) is 6.79. The van der Waals surface area contributed by atoms with Crippen molar-refractivity contribution in [1.29, 1.82) is 0 Å². The highest BCUT2D eigenvalue weighted by Crippen LogP contribution is 2.25. The lowest BCUT2D eigenvalue weighted by Gasteiger charge is -2.31. The van der Waals surface area contributed by atoms with Crippen LogP contribution in [0.2, 0.25) is 0 Å². The minimum Gasteiger partial charge on any atom is -0.381 e. The van der Waals surface area contributed by atoms with E-state index in [-0.39, 0.29) is 28.8 Å². The maximum atomic E-state index is 13.1. The molecule has 1 aromatic carbocycles. The number of hydrogen-bond donors (Lipinski definition) is 2. The normalized spacial score (nSPS) is 17.2. The molecule has 0 bridgehead atoms. The molecular formula is C20H26N4O4S2. The van der Waals surface area contributed by atoms with Crippen molar-refractivity contribution in [3.8, 4) is 0 Å². The van der Waals surface area contributed by atoms with Gasteiger partial charge in [0.15, 0.2) is 0 Å². The number of carbonyl (C=O) groups is 2. The highest BCUT2D eigenvalue weighted by Gasteiger charge is 2.29. The number of rotatable bonds is 7. The van der Waals surface area contributed by atoms with Crippen LogP contribution in [0, 0.1) is 5.92 Å². The number of sulfonamides is 1. The number of piperidine rings is 1. The Bertz CT molecular complexity index is 1020. The average Bonchev–Trinajstić information content (AvgIpc) is 3.25. The molecule has 0 radical (unpaired) electrons. The maximum absolute atomic E-state index is 13.1. The molecule has 0 spiro atoms. The second-order valence-corrected chi connectivity index (χ2v) is 10.4. The van der Waals surface area contributed by atoms with Gasteiger partial charge in [0.25, 0.3) is 5.91 Å². The van der Waals surface area contributed by atoms with Crippen molar-refractivity contribution in [1.82, 2.24) is 9.21 Å². The third-order valence-corrected chi connectivity index (χ3v) is 7.64. The molecule has 2 heterocycles. The van der Waals surface area contributed by atoms with Crippen LogP contribution in [0.15, 0.2) is 39.9 Å². The summed E-state index contributed by atoms with van der Waals surface area (Å²) in [7, 11) is -0.834. The fourth-order valence-corrected chi connectivity index (χ4v) is 5.00. The summed E-state index contributed by atoms with van der Waals surface area (Å²) in [6.45, 7) is 1.26. The molecule has 1 fully saturated rings. The molecule has 10 heteroatoms. The monoisotopic (exact) mass is 450 g/mol. The van der Waals surface area contributed by atoms with Gasteiger partial charge in [-0.3, -0.25) is 9.59 Å². The van der Waals surface area contributed by atoms with Gasteiger partial charge in [-0.25, -0.2) is 12.7 Å². The first-order valence-electron chi connectivity index (χ1n) is 9.59. The predicted octanol–water partition coefficient (Wildman–Crippen LogP) is 1.95. The Morgan fingerprint density at radius 1 is 1.30 bits per heavy atom. The van der Waals surface area contributed by atoms with Crippen molar-refractivity contribution in [3.63, 3.8) is 0 Å².